The number of aromatic nitrogens is 1. The van der Waals surface area contributed by atoms with Crippen molar-refractivity contribution in [1.29, 1.82) is 0 Å². The molecule has 2 aromatic rings. The molecule has 0 amide bonds. The molecule has 0 fully saturated rings. The zero-order chi connectivity index (χ0) is 12.4. The third kappa shape index (κ3) is 3.18. The predicted molar refractivity (Wildman–Crippen MR) is 73.3 cm³/mol. The van der Waals surface area contributed by atoms with Crippen molar-refractivity contribution in [3.8, 4) is 0 Å². The molecule has 6 heteroatoms. The van der Waals surface area contributed by atoms with Crippen LogP contribution in [0.5, 0.6) is 0 Å². The van der Waals surface area contributed by atoms with Crippen LogP contribution in [0.3, 0.4) is 0 Å². The fourth-order valence-corrected chi connectivity index (χ4v) is 2.95. The van der Waals surface area contributed by atoms with Crippen LogP contribution in [0.4, 0.5) is 10.1 Å². The lowest BCUT2D eigenvalue weighted by Crippen LogP contribution is -2.01. The quantitative estimate of drug-likeness (QED) is 0.885. The first-order valence-corrected chi connectivity index (χ1v) is 6.91. The second-order valence-corrected chi connectivity index (χ2v) is 5.78. The number of benzene rings is 1. The van der Waals surface area contributed by atoms with Gasteiger partial charge < -0.3 is 5.32 Å². The Kier molecular flexibility index (Phi) is 4.01. The van der Waals surface area contributed by atoms with Gasteiger partial charge in [0.2, 0.25) is 0 Å². The normalized spacial score (nSPS) is 10.6. The Bertz CT molecular complexity index is 521. The molecule has 0 spiro atoms. The van der Waals surface area contributed by atoms with E-state index in [9.17, 15) is 4.39 Å². The second kappa shape index (κ2) is 5.33. The summed E-state index contributed by atoms with van der Waals surface area (Å²) >= 11 is 10.8. The summed E-state index contributed by atoms with van der Waals surface area (Å²) < 4.78 is 13.6. The molecule has 1 aromatic heterocycles. The Morgan fingerprint density at radius 2 is 2.29 bits per heavy atom. The Balaban J connectivity index is 2.14. The fraction of sp³-hybridized carbons (Fsp3) is 0.182. The zero-order valence-corrected chi connectivity index (χ0v) is 12.1. The molecule has 0 atom stereocenters. The summed E-state index contributed by atoms with van der Waals surface area (Å²) in [5.41, 5.74) is 1.62. The highest BCUT2D eigenvalue weighted by Crippen LogP contribution is 2.32. The molecule has 1 N–H and O–H groups in total. The zero-order valence-electron chi connectivity index (χ0n) is 8.93. The van der Waals surface area contributed by atoms with Crippen molar-refractivity contribution in [2.45, 2.75) is 13.5 Å². The van der Waals surface area contributed by atoms with Crippen LogP contribution in [0.2, 0.25) is 5.02 Å². The molecular formula is C11H9BrClFN2S. The summed E-state index contributed by atoms with van der Waals surface area (Å²) in [6.45, 7) is 2.52. The largest absolute Gasteiger partial charge is 0.377 e. The van der Waals surface area contributed by atoms with Gasteiger partial charge in [-0.3, -0.25) is 0 Å². The van der Waals surface area contributed by atoms with E-state index < -0.39 is 0 Å². The van der Waals surface area contributed by atoms with Gasteiger partial charge in [0.25, 0.3) is 0 Å². The standard InChI is InChI=1S/C11H9BrClFN2S/c1-6-16-8(5-17-6)4-15-11-9(12)2-7(14)3-10(11)13/h2-3,5,15H,4H2,1H3. The van der Waals surface area contributed by atoms with E-state index >= 15 is 0 Å². The summed E-state index contributed by atoms with van der Waals surface area (Å²) in [6.07, 6.45) is 0. The van der Waals surface area contributed by atoms with E-state index in [0.29, 0.717) is 21.7 Å². The number of halogens is 3. The molecule has 0 aliphatic rings. The van der Waals surface area contributed by atoms with Crippen LogP contribution in [0, 0.1) is 12.7 Å². The van der Waals surface area contributed by atoms with Crippen molar-refractivity contribution in [1.82, 2.24) is 4.98 Å². The Hall–Kier alpha value is -0.650. The molecule has 1 heterocycles. The highest BCUT2D eigenvalue weighted by atomic mass is 79.9. The number of nitrogens with one attached hydrogen (secondary N) is 1. The molecule has 0 unspecified atom stereocenters. The molecule has 17 heavy (non-hydrogen) atoms. The van der Waals surface area contributed by atoms with E-state index in [1.54, 1.807) is 11.3 Å². The lowest BCUT2D eigenvalue weighted by Gasteiger charge is -2.09. The van der Waals surface area contributed by atoms with Crippen molar-refractivity contribution < 1.29 is 4.39 Å². The molecule has 1 aromatic carbocycles. The van der Waals surface area contributed by atoms with E-state index in [1.807, 2.05) is 12.3 Å². The van der Waals surface area contributed by atoms with Crippen molar-refractivity contribution in [2.24, 2.45) is 0 Å². The highest BCUT2D eigenvalue weighted by molar-refractivity contribution is 9.10. The van der Waals surface area contributed by atoms with Crippen LogP contribution in [-0.2, 0) is 6.54 Å². The van der Waals surface area contributed by atoms with Crippen molar-refractivity contribution in [3.05, 3.63) is 43.5 Å². The van der Waals surface area contributed by atoms with E-state index in [4.69, 9.17) is 11.6 Å². The minimum absolute atomic E-state index is 0.351. The lowest BCUT2D eigenvalue weighted by molar-refractivity contribution is 0.627. The summed E-state index contributed by atoms with van der Waals surface area (Å²) in [6, 6.07) is 2.65. The maximum atomic E-state index is 13.0. The van der Waals surface area contributed by atoms with Gasteiger partial charge in [-0.2, -0.15) is 0 Å². The van der Waals surface area contributed by atoms with Gasteiger partial charge >= 0.3 is 0 Å². The molecule has 0 bridgehead atoms. The first-order valence-electron chi connectivity index (χ1n) is 4.85. The van der Waals surface area contributed by atoms with Gasteiger partial charge in [0.1, 0.15) is 5.82 Å². The van der Waals surface area contributed by atoms with E-state index in [0.717, 1.165) is 10.7 Å². The number of rotatable bonds is 3. The number of aryl methyl sites for hydroxylation is 1. The maximum absolute atomic E-state index is 13.0. The van der Waals surface area contributed by atoms with Gasteiger partial charge in [-0.15, -0.1) is 11.3 Å². The third-order valence-corrected chi connectivity index (χ3v) is 3.87. The average Bonchev–Trinajstić information content (AvgIpc) is 2.62. The topological polar surface area (TPSA) is 24.9 Å². The van der Waals surface area contributed by atoms with Gasteiger partial charge in [-0.25, -0.2) is 9.37 Å². The molecule has 90 valence electrons. The van der Waals surface area contributed by atoms with Crippen LogP contribution in [0.1, 0.15) is 10.7 Å². The summed E-state index contributed by atoms with van der Waals surface area (Å²) in [7, 11) is 0. The second-order valence-electron chi connectivity index (χ2n) is 3.46. The maximum Gasteiger partial charge on any atom is 0.125 e. The molecule has 0 aliphatic carbocycles. The number of hydrogen-bond acceptors (Lipinski definition) is 3. The van der Waals surface area contributed by atoms with Gasteiger partial charge in [-0.1, -0.05) is 11.6 Å². The monoisotopic (exact) mass is 334 g/mol. The van der Waals surface area contributed by atoms with Crippen LogP contribution in [0.25, 0.3) is 0 Å². The summed E-state index contributed by atoms with van der Waals surface area (Å²) in [5, 5.41) is 6.49. The van der Waals surface area contributed by atoms with E-state index in [2.05, 4.69) is 26.2 Å². The number of anilines is 1. The Morgan fingerprint density at radius 1 is 1.53 bits per heavy atom. The van der Waals surface area contributed by atoms with Crippen LogP contribution in [0.15, 0.2) is 22.0 Å². The average molecular weight is 336 g/mol. The van der Waals surface area contributed by atoms with Crippen LogP contribution < -0.4 is 5.32 Å². The molecule has 0 aliphatic heterocycles. The number of nitrogens with zero attached hydrogens (tertiary/aromatic N) is 1. The van der Waals surface area contributed by atoms with Crippen molar-refractivity contribution >= 4 is 44.6 Å². The smallest absolute Gasteiger partial charge is 0.125 e. The number of thiazole rings is 1. The Labute approximate surface area is 116 Å². The highest BCUT2D eigenvalue weighted by Gasteiger charge is 2.08. The molecule has 2 rings (SSSR count). The minimum atomic E-state index is -0.364. The van der Waals surface area contributed by atoms with E-state index in [-0.39, 0.29) is 5.82 Å². The SMILES string of the molecule is Cc1nc(CNc2c(Cl)cc(F)cc2Br)cs1. The fourth-order valence-electron chi connectivity index (χ4n) is 1.38. The van der Waals surface area contributed by atoms with Crippen molar-refractivity contribution in [3.63, 3.8) is 0 Å². The number of hydrogen-bond donors (Lipinski definition) is 1. The molecular weight excluding hydrogens is 327 g/mol. The minimum Gasteiger partial charge on any atom is -0.377 e. The Morgan fingerprint density at radius 3 is 2.88 bits per heavy atom. The van der Waals surface area contributed by atoms with Gasteiger partial charge in [0.05, 0.1) is 28.0 Å². The molecule has 0 radical (unpaired) electrons. The van der Waals surface area contributed by atoms with Crippen LogP contribution in [-0.4, -0.2) is 4.98 Å². The van der Waals surface area contributed by atoms with E-state index in [1.165, 1.54) is 12.1 Å². The van der Waals surface area contributed by atoms with Crippen molar-refractivity contribution in [2.75, 3.05) is 5.32 Å². The first-order chi connectivity index (χ1) is 8.06. The molecule has 0 saturated heterocycles. The molecule has 2 nitrogen and oxygen atoms in total. The lowest BCUT2D eigenvalue weighted by atomic mass is 10.3. The predicted octanol–water partition coefficient (Wildman–Crippen LogP) is 4.62. The van der Waals surface area contributed by atoms with Crippen LogP contribution >= 0.6 is 38.9 Å². The summed E-state index contributed by atoms with van der Waals surface area (Å²) in [5.74, 6) is -0.364. The first kappa shape index (κ1) is 12.8. The van der Waals surface area contributed by atoms with Gasteiger partial charge in [-0.05, 0) is 35.0 Å². The van der Waals surface area contributed by atoms with Gasteiger partial charge in [0, 0.05) is 9.85 Å². The van der Waals surface area contributed by atoms with Gasteiger partial charge in [0.15, 0.2) is 0 Å². The third-order valence-electron chi connectivity index (χ3n) is 2.12. The summed E-state index contributed by atoms with van der Waals surface area (Å²) in [4.78, 5) is 4.33. The molecule has 0 saturated carbocycles.